The maximum absolute atomic E-state index is 13.1. The van der Waals surface area contributed by atoms with Crippen LogP contribution in [-0.2, 0) is 19.6 Å². The Labute approximate surface area is 147 Å². The highest BCUT2D eigenvalue weighted by molar-refractivity contribution is 7.89. The van der Waals surface area contributed by atoms with E-state index in [1.165, 1.54) is 22.9 Å². The smallest absolute Gasteiger partial charge is 0.324 e. The monoisotopic (exact) mass is 367 g/mol. The standard InChI is InChI=1S/C18H22FNO4S/c19-14-5-7-15(8-6-14)25(22,23)20-9-1-2-16(20)18(21)24-17-11-12-3-4-13(17)10-12/h5-8,12-13,16-17H,1-4,9-11H2/t12-,13-,16-,17+/m0/s1. The molecule has 1 aliphatic heterocycles. The van der Waals surface area contributed by atoms with Crippen LogP contribution in [0.5, 0.6) is 0 Å². The molecule has 5 nitrogen and oxygen atoms in total. The Hall–Kier alpha value is -1.47. The molecule has 1 saturated heterocycles. The number of fused-ring (bicyclic) bond motifs is 2. The second kappa shape index (κ2) is 6.36. The van der Waals surface area contributed by atoms with Crippen LogP contribution < -0.4 is 0 Å². The molecule has 1 aromatic rings. The van der Waals surface area contributed by atoms with Gasteiger partial charge in [-0.2, -0.15) is 4.31 Å². The van der Waals surface area contributed by atoms with Crippen molar-refractivity contribution in [1.82, 2.24) is 4.31 Å². The molecule has 4 atom stereocenters. The molecule has 0 radical (unpaired) electrons. The van der Waals surface area contributed by atoms with Crippen LogP contribution in [0.4, 0.5) is 4.39 Å². The van der Waals surface area contributed by atoms with Gasteiger partial charge in [-0.05, 0) is 74.6 Å². The number of halogens is 1. The number of esters is 1. The molecule has 3 fully saturated rings. The molecule has 3 aliphatic rings. The van der Waals surface area contributed by atoms with Crippen molar-refractivity contribution in [3.05, 3.63) is 30.1 Å². The molecule has 0 spiro atoms. The number of hydrogen-bond acceptors (Lipinski definition) is 4. The van der Waals surface area contributed by atoms with Crippen LogP contribution in [-0.4, -0.2) is 37.4 Å². The van der Waals surface area contributed by atoms with Crippen LogP contribution in [0, 0.1) is 17.7 Å². The molecule has 25 heavy (non-hydrogen) atoms. The van der Waals surface area contributed by atoms with Crippen molar-refractivity contribution in [1.29, 1.82) is 0 Å². The maximum atomic E-state index is 13.1. The fraction of sp³-hybridized carbons (Fsp3) is 0.611. The van der Waals surface area contributed by atoms with E-state index in [2.05, 4.69) is 0 Å². The molecule has 1 aromatic carbocycles. The summed E-state index contributed by atoms with van der Waals surface area (Å²) in [5.41, 5.74) is 0. The average molecular weight is 367 g/mol. The van der Waals surface area contributed by atoms with Crippen LogP contribution in [0.25, 0.3) is 0 Å². The van der Waals surface area contributed by atoms with Crippen molar-refractivity contribution >= 4 is 16.0 Å². The molecule has 2 bridgehead atoms. The highest BCUT2D eigenvalue weighted by Crippen LogP contribution is 2.46. The molecular weight excluding hydrogens is 345 g/mol. The summed E-state index contributed by atoms with van der Waals surface area (Å²) in [6.07, 6.45) is 5.39. The first-order valence-corrected chi connectivity index (χ1v) is 10.4. The van der Waals surface area contributed by atoms with Crippen molar-refractivity contribution in [2.24, 2.45) is 11.8 Å². The molecule has 2 saturated carbocycles. The van der Waals surface area contributed by atoms with Gasteiger partial charge in [0.05, 0.1) is 4.90 Å². The molecule has 136 valence electrons. The van der Waals surface area contributed by atoms with Crippen molar-refractivity contribution in [2.75, 3.05) is 6.54 Å². The Balaban J connectivity index is 1.49. The van der Waals surface area contributed by atoms with Gasteiger partial charge in [-0.25, -0.2) is 12.8 Å². The van der Waals surface area contributed by atoms with E-state index in [1.54, 1.807) is 0 Å². The predicted octanol–water partition coefficient (Wildman–Crippen LogP) is 2.71. The van der Waals surface area contributed by atoms with Gasteiger partial charge in [0.1, 0.15) is 18.0 Å². The number of rotatable bonds is 4. The fourth-order valence-corrected chi connectivity index (χ4v) is 6.21. The number of hydrogen-bond donors (Lipinski definition) is 0. The van der Waals surface area contributed by atoms with Crippen molar-refractivity contribution in [2.45, 2.75) is 55.6 Å². The van der Waals surface area contributed by atoms with Gasteiger partial charge >= 0.3 is 5.97 Å². The van der Waals surface area contributed by atoms with Gasteiger partial charge in [0.25, 0.3) is 0 Å². The van der Waals surface area contributed by atoms with Crippen molar-refractivity contribution in [3.8, 4) is 0 Å². The summed E-state index contributed by atoms with van der Waals surface area (Å²) in [4.78, 5) is 12.6. The molecule has 4 rings (SSSR count). The Morgan fingerprint density at radius 3 is 2.52 bits per heavy atom. The third-order valence-electron chi connectivity index (χ3n) is 5.84. The Morgan fingerprint density at radius 1 is 1.12 bits per heavy atom. The number of ether oxygens (including phenoxy) is 1. The highest BCUT2D eigenvalue weighted by Gasteiger charge is 2.45. The lowest BCUT2D eigenvalue weighted by Gasteiger charge is -2.27. The number of nitrogens with zero attached hydrogens (tertiary/aromatic N) is 1. The van der Waals surface area contributed by atoms with Gasteiger partial charge in [0.15, 0.2) is 0 Å². The van der Waals surface area contributed by atoms with E-state index in [4.69, 9.17) is 4.74 Å². The third-order valence-corrected chi connectivity index (χ3v) is 7.76. The Morgan fingerprint density at radius 2 is 1.88 bits per heavy atom. The van der Waals surface area contributed by atoms with E-state index in [9.17, 15) is 17.6 Å². The van der Waals surface area contributed by atoms with E-state index in [-0.39, 0.29) is 17.5 Å². The molecular formula is C18H22FNO4S. The predicted molar refractivity (Wildman–Crippen MR) is 88.6 cm³/mol. The van der Waals surface area contributed by atoms with Crippen molar-refractivity contribution < 1.29 is 22.3 Å². The summed E-state index contributed by atoms with van der Waals surface area (Å²) >= 11 is 0. The maximum Gasteiger partial charge on any atom is 0.324 e. The highest BCUT2D eigenvalue weighted by atomic mass is 32.2. The number of carbonyl (C=O) groups is 1. The summed E-state index contributed by atoms with van der Waals surface area (Å²) in [5.74, 6) is 0.177. The van der Waals surface area contributed by atoms with Crippen LogP contribution in [0.15, 0.2) is 29.2 Å². The molecule has 1 heterocycles. The minimum atomic E-state index is -3.83. The third kappa shape index (κ3) is 3.08. The van der Waals surface area contributed by atoms with Crippen LogP contribution >= 0.6 is 0 Å². The zero-order valence-corrected chi connectivity index (χ0v) is 14.8. The first-order valence-electron chi connectivity index (χ1n) is 8.93. The lowest BCUT2D eigenvalue weighted by atomic mass is 9.98. The quantitative estimate of drug-likeness (QED) is 0.768. The normalized spacial score (nSPS) is 32.2. The fourth-order valence-electron chi connectivity index (χ4n) is 4.56. The SMILES string of the molecule is O=C(O[C@@H]1C[C@H]2CC[C@H]1C2)[C@@H]1CCCN1S(=O)(=O)c1ccc(F)cc1. The number of benzene rings is 1. The van der Waals surface area contributed by atoms with Crippen LogP contribution in [0.2, 0.25) is 0 Å². The number of sulfonamides is 1. The molecule has 0 unspecified atom stereocenters. The van der Waals surface area contributed by atoms with Crippen LogP contribution in [0.3, 0.4) is 0 Å². The molecule has 2 aliphatic carbocycles. The first-order chi connectivity index (χ1) is 11.9. The summed E-state index contributed by atoms with van der Waals surface area (Å²) in [6, 6.07) is 3.94. The largest absolute Gasteiger partial charge is 0.461 e. The summed E-state index contributed by atoms with van der Waals surface area (Å²) in [7, 11) is -3.83. The Bertz CT molecular complexity index is 764. The van der Waals surface area contributed by atoms with Gasteiger partial charge in [-0.15, -0.1) is 0 Å². The van der Waals surface area contributed by atoms with E-state index in [1.807, 2.05) is 0 Å². The Kier molecular flexibility index (Phi) is 4.32. The molecule has 0 amide bonds. The molecule has 0 aromatic heterocycles. The second-order valence-electron chi connectivity index (χ2n) is 7.38. The van der Waals surface area contributed by atoms with Gasteiger partial charge < -0.3 is 4.74 Å². The second-order valence-corrected chi connectivity index (χ2v) is 9.27. The molecule has 7 heteroatoms. The van der Waals surface area contributed by atoms with E-state index in [0.29, 0.717) is 24.7 Å². The van der Waals surface area contributed by atoms with Crippen molar-refractivity contribution in [3.63, 3.8) is 0 Å². The van der Waals surface area contributed by atoms with E-state index >= 15 is 0 Å². The minimum absolute atomic E-state index is 0.00789. The topological polar surface area (TPSA) is 63.7 Å². The zero-order valence-electron chi connectivity index (χ0n) is 13.9. The van der Waals surface area contributed by atoms with Crippen LogP contribution in [0.1, 0.15) is 38.5 Å². The van der Waals surface area contributed by atoms with Gasteiger partial charge in [-0.1, -0.05) is 0 Å². The number of carbonyl (C=O) groups excluding carboxylic acids is 1. The van der Waals surface area contributed by atoms with E-state index in [0.717, 1.165) is 31.4 Å². The average Bonchev–Trinajstić information content (AvgIpc) is 3.31. The summed E-state index contributed by atoms with van der Waals surface area (Å²) in [6.45, 7) is 0.288. The molecule has 0 N–H and O–H groups in total. The van der Waals surface area contributed by atoms with E-state index < -0.39 is 27.9 Å². The van der Waals surface area contributed by atoms with Gasteiger partial charge in [-0.3, -0.25) is 4.79 Å². The summed E-state index contributed by atoms with van der Waals surface area (Å²) in [5, 5.41) is 0. The van der Waals surface area contributed by atoms with Gasteiger partial charge in [0.2, 0.25) is 10.0 Å². The zero-order chi connectivity index (χ0) is 17.6. The van der Waals surface area contributed by atoms with Gasteiger partial charge in [0, 0.05) is 6.54 Å². The summed E-state index contributed by atoms with van der Waals surface area (Å²) < 4.78 is 45.6. The lowest BCUT2D eigenvalue weighted by molar-refractivity contribution is -0.155. The first kappa shape index (κ1) is 17.0. The minimum Gasteiger partial charge on any atom is -0.461 e. The lowest BCUT2D eigenvalue weighted by Crippen LogP contribution is -2.43.